The maximum Gasteiger partial charge on any atom is 0.0131 e. The average Bonchev–Trinajstić information content (AvgIpc) is 2.21. The fourth-order valence-corrected chi connectivity index (χ4v) is 1.65. The van der Waals surface area contributed by atoms with Crippen molar-refractivity contribution in [2.24, 2.45) is 0 Å². The van der Waals surface area contributed by atoms with Gasteiger partial charge in [-0.2, -0.15) is 0 Å². The monoisotopic (exact) mass is 197 g/mol. The lowest BCUT2D eigenvalue weighted by Gasteiger charge is -2.31. The first-order chi connectivity index (χ1) is 6.83. The van der Waals surface area contributed by atoms with Gasteiger partial charge in [0.05, 0.1) is 0 Å². The molecule has 1 aliphatic rings. The van der Waals surface area contributed by atoms with Crippen molar-refractivity contribution in [3.8, 4) is 0 Å². The summed E-state index contributed by atoms with van der Waals surface area (Å²) in [7, 11) is 4.18. The van der Waals surface area contributed by atoms with Gasteiger partial charge in [-0.15, -0.1) is 0 Å². The lowest BCUT2D eigenvalue weighted by molar-refractivity contribution is 0.156. The van der Waals surface area contributed by atoms with Crippen molar-refractivity contribution in [3.05, 3.63) is 12.2 Å². The molecule has 1 N–H and O–H groups in total. The van der Waals surface area contributed by atoms with Gasteiger partial charge in [0.1, 0.15) is 0 Å². The molecule has 0 aromatic heterocycles. The quantitative estimate of drug-likeness (QED) is 0.644. The molecular formula is C11H23N3. The van der Waals surface area contributed by atoms with Crippen LogP contribution in [-0.4, -0.2) is 63.2 Å². The summed E-state index contributed by atoms with van der Waals surface area (Å²) in [5.74, 6) is 0. The molecule has 0 atom stereocenters. The van der Waals surface area contributed by atoms with Gasteiger partial charge in [0.25, 0.3) is 0 Å². The highest BCUT2D eigenvalue weighted by molar-refractivity contribution is 4.84. The van der Waals surface area contributed by atoms with Crippen LogP contribution >= 0.6 is 0 Å². The predicted molar refractivity (Wildman–Crippen MR) is 61.6 cm³/mol. The van der Waals surface area contributed by atoms with Gasteiger partial charge in [-0.3, -0.25) is 0 Å². The van der Waals surface area contributed by atoms with Gasteiger partial charge in [0.2, 0.25) is 0 Å². The van der Waals surface area contributed by atoms with E-state index < -0.39 is 0 Å². The highest BCUT2D eigenvalue weighted by Crippen LogP contribution is 2.00. The summed E-state index contributed by atoms with van der Waals surface area (Å²) in [6, 6.07) is 0. The van der Waals surface area contributed by atoms with Gasteiger partial charge in [-0.25, -0.2) is 0 Å². The van der Waals surface area contributed by atoms with Crippen molar-refractivity contribution in [1.82, 2.24) is 15.1 Å². The van der Waals surface area contributed by atoms with Crippen molar-refractivity contribution in [3.63, 3.8) is 0 Å². The minimum Gasteiger partial charge on any atom is -0.316 e. The molecule has 14 heavy (non-hydrogen) atoms. The Balaban J connectivity index is 2.01. The molecule has 0 saturated carbocycles. The molecule has 1 fully saturated rings. The summed E-state index contributed by atoms with van der Waals surface area (Å²) in [6.45, 7) is 7.12. The molecule has 3 heteroatoms. The Morgan fingerprint density at radius 3 is 2.50 bits per heavy atom. The van der Waals surface area contributed by atoms with Crippen LogP contribution in [-0.2, 0) is 0 Å². The molecule has 1 rings (SSSR count). The van der Waals surface area contributed by atoms with Crippen LogP contribution < -0.4 is 5.32 Å². The maximum absolute atomic E-state index is 3.10. The number of rotatable bonds is 5. The van der Waals surface area contributed by atoms with Gasteiger partial charge >= 0.3 is 0 Å². The van der Waals surface area contributed by atoms with E-state index in [0.29, 0.717) is 0 Å². The Morgan fingerprint density at radius 2 is 1.86 bits per heavy atom. The largest absolute Gasteiger partial charge is 0.316 e. The molecule has 0 radical (unpaired) electrons. The van der Waals surface area contributed by atoms with E-state index in [1.807, 2.05) is 7.05 Å². The number of piperazine rings is 1. The van der Waals surface area contributed by atoms with E-state index in [4.69, 9.17) is 0 Å². The maximum atomic E-state index is 3.10. The summed E-state index contributed by atoms with van der Waals surface area (Å²) in [5, 5.41) is 3.10. The second-order valence-electron chi connectivity index (χ2n) is 3.96. The van der Waals surface area contributed by atoms with E-state index in [1.54, 1.807) is 0 Å². The van der Waals surface area contributed by atoms with E-state index in [2.05, 4.69) is 34.3 Å². The van der Waals surface area contributed by atoms with E-state index in [1.165, 1.54) is 39.1 Å². The molecule has 0 aromatic carbocycles. The van der Waals surface area contributed by atoms with Gasteiger partial charge in [-0.05, 0) is 20.5 Å². The van der Waals surface area contributed by atoms with E-state index >= 15 is 0 Å². The smallest absolute Gasteiger partial charge is 0.0131 e. The minimum absolute atomic E-state index is 0.989. The first kappa shape index (κ1) is 11.7. The standard InChI is InChI=1S/C11H23N3/c1-12-6-4-3-5-7-14-10-8-13(2)9-11-14/h3-4,12H,5-11H2,1-2H3/b4-3-. The van der Waals surface area contributed by atoms with Crippen molar-refractivity contribution in [2.45, 2.75) is 6.42 Å². The van der Waals surface area contributed by atoms with Crippen LogP contribution in [0, 0.1) is 0 Å². The molecule has 3 nitrogen and oxygen atoms in total. The normalized spacial score (nSPS) is 20.7. The Hall–Kier alpha value is -0.380. The fraction of sp³-hybridized carbons (Fsp3) is 0.818. The third-order valence-corrected chi connectivity index (χ3v) is 2.70. The zero-order valence-corrected chi connectivity index (χ0v) is 9.50. The Labute approximate surface area is 87.8 Å². The van der Waals surface area contributed by atoms with Crippen LogP contribution in [0.15, 0.2) is 12.2 Å². The van der Waals surface area contributed by atoms with Crippen LogP contribution in [0.4, 0.5) is 0 Å². The van der Waals surface area contributed by atoms with Crippen molar-refractivity contribution < 1.29 is 0 Å². The average molecular weight is 197 g/mol. The summed E-state index contributed by atoms with van der Waals surface area (Å²) in [6.07, 6.45) is 5.66. The molecule has 0 unspecified atom stereocenters. The van der Waals surface area contributed by atoms with E-state index in [0.717, 1.165) is 6.54 Å². The second-order valence-corrected chi connectivity index (χ2v) is 3.96. The predicted octanol–water partition coefficient (Wildman–Crippen LogP) is 0.400. The highest BCUT2D eigenvalue weighted by atomic mass is 15.2. The number of hydrogen-bond donors (Lipinski definition) is 1. The SMILES string of the molecule is CNC/C=C\CCN1CCN(C)CC1. The fourth-order valence-electron chi connectivity index (χ4n) is 1.65. The summed E-state index contributed by atoms with van der Waals surface area (Å²) in [5.41, 5.74) is 0. The molecule has 1 aliphatic heterocycles. The molecule has 0 aliphatic carbocycles. The number of likely N-dealkylation sites (N-methyl/N-ethyl adjacent to an activating group) is 2. The molecule has 0 aromatic rings. The summed E-state index contributed by atoms with van der Waals surface area (Å²) < 4.78 is 0. The summed E-state index contributed by atoms with van der Waals surface area (Å²) in [4.78, 5) is 4.94. The number of nitrogens with one attached hydrogen (secondary N) is 1. The lowest BCUT2D eigenvalue weighted by atomic mass is 10.3. The molecule has 0 amide bonds. The first-order valence-electron chi connectivity index (χ1n) is 5.53. The van der Waals surface area contributed by atoms with Crippen molar-refractivity contribution >= 4 is 0 Å². The Bertz CT molecular complexity index is 160. The lowest BCUT2D eigenvalue weighted by Crippen LogP contribution is -2.44. The third-order valence-electron chi connectivity index (χ3n) is 2.70. The van der Waals surface area contributed by atoms with Crippen LogP contribution in [0.5, 0.6) is 0 Å². The molecule has 1 saturated heterocycles. The molecule has 82 valence electrons. The zero-order valence-electron chi connectivity index (χ0n) is 9.50. The van der Waals surface area contributed by atoms with E-state index in [-0.39, 0.29) is 0 Å². The van der Waals surface area contributed by atoms with Crippen LogP contribution in [0.2, 0.25) is 0 Å². The van der Waals surface area contributed by atoms with Crippen LogP contribution in [0.3, 0.4) is 0 Å². The van der Waals surface area contributed by atoms with E-state index in [9.17, 15) is 0 Å². The molecule has 0 spiro atoms. The number of hydrogen-bond acceptors (Lipinski definition) is 3. The minimum atomic E-state index is 0.989. The van der Waals surface area contributed by atoms with Gasteiger partial charge in [-0.1, -0.05) is 12.2 Å². The van der Waals surface area contributed by atoms with Crippen molar-refractivity contribution in [2.75, 3.05) is 53.4 Å². The van der Waals surface area contributed by atoms with Crippen LogP contribution in [0.25, 0.3) is 0 Å². The van der Waals surface area contributed by atoms with Gasteiger partial charge in [0, 0.05) is 39.3 Å². The van der Waals surface area contributed by atoms with Crippen molar-refractivity contribution in [1.29, 1.82) is 0 Å². The molecule has 1 heterocycles. The number of nitrogens with zero attached hydrogens (tertiary/aromatic N) is 2. The topological polar surface area (TPSA) is 18.5 Å². The van der Waals surface area contributed by atoms with Gasteiger partial charge in [0.15, 0.2) is 0 Å². The Kier molecular flexibility index (Phi) is 5.83. The second kappa shape index (κ2) is 6.98. The molecule has 0 bridgehead atoms. The first-order valence-corrected chi connectivity index (χ1v) is 5.53. The summed E-state index contributed by atoms with van der Waals surface area (Å²) >= 11 is 0. The Morgan fingerprint density at radius 1 is 1.14 bits per heavy atom. The molecular weight excluding hydrogens is 174 g/mol. The van der Waals surface area contributed by atoms with Gasteiger partial charge < -0.3 is 15.1 Å². The van der Waals surface area contributed by atoms with Crippen LogP contribution in [0.1, 0.15) is 6.42 Å². The third kappa shape index (κ3) is 4.74. The highest BCUT2D eigenvalue weighted by Gasteiger charge is 2.11. The zero-order chi connectivity index (χ0) is 10.2.